The summed E-state index contributed by atoms with van der Waals surface area (Å²) in [5.41, 5.74) is 3.45. The predicted molar refractivity (Wildman–Crippen MR) is 125 cm³/mol. The van der Waals surface area contributed by atoms with Crippen LogP contribution in [0.4, 0.5) is 11.4 Å². The monoisotopic (exact) mass is 444 g/mol. The minimum absolute atomic E-state index is 0.162. The highest BCUT2D eigenvalue weighted by atomic mass is 32.2. The third-order valence-electron chi connectivity index (χ3n) is 4.74. The van der Waals surface area contributed by atoms with Crippen LogP contribution in [-0.4, -0.2) is 31.0 Å². The van der Waals surface area contributed by atoms with Gasteiger partial charge in [-0.3, -0.25) is 19.4 Å². The van der Waals surface area contributed by atoms with E-state index in [1.807, 2.05) is 62.4 Å². The number of thiocarbonyl (C=S) groups is 2. The normalized spacial score (nSPS) is 22.5. The SMILES string of the molecule is Cc1ccccc1N1C(=O)C(C2SC(=S)N(c3ccccc3C)C2=O)SC1=S. The summed E-state index contributed by atoms with van der Waals surface area (Å²) in [4.78, 5) is 29.5. The number of hydrogen-bond acceptors (Lipinski definition) is 6. The number of aryl methyl sites for hydroxylation is 2. The van der Waals surface area contributed by atoms with Gasteiger partial charge < -0.3 is 0 Å². The lowest BCUT2D eigenvalue weighted by molar-refractivity contribution is -0.121. The molecule has 0 radical (unpaired) electrons. The highest BCUT2D eigenvalue weighted by Gasteiger charge is 2.51. The van der Waals surface area contributed by atoms with Gasteiger partial charge in [-0.25, -0.2) is 0 Å². The molecular formula is C20H16N2O2S4. The number of hydrogen-bond donors (Lipinski definition) is 0. The van der Waals surface area contributed by atoms with E-state index in [9.17, 15) is 9.59 Å². The average Bonchev–Trinajstić information content (AvgIpc) is 3.12. The van der Waals surface area contributed by atoms with Crippen molar-refractivity contribution in [3.63, 3.8) is 0 Å². The number of carbonyl (C=O) groups is 2. The zero-order valence-corrected chi connectivity index (χ0v) is 18.4. The summed E-state index contributed by atoms with van der Waals surface area (Å²) in [5, 5.41) is -1.17. The fourth-order valence-electron chi connectivity index (χ4n) is 3.30. The Balaban J connectivity index is 1.64. The van der Waals surface area contributed by atoms with Crippen LogP contribution in [-0.2, 0) is 9.59 Å². The Morgan fingerprint density at radius 2 is 1.07 bits per heavy atom. The topological polar surface area (TPSA) is 40.6 Å². The van der Waals surface area contributed by atoms with Gasteiger partial charge in [0.05, 0.1) is 11.4 Å². The van der Waals surface area contributed by atoms with Crippen molar-refractivity contribution in [1.82, 2.24) is 0 Å². The van der Waals surface area contributed by atoms with Crippen molar-refractivity contribution in [1.29, 1.82) is 0 Å². The van der Waals surface area contributed by atoms with Gasteiger partial charge in [0.25, 0.3) is 0 Å². The van der Waals surface area contributed by atoms with Gasteiger partial charge in [-0.15, -0.1) is 0 Å². The van der Waals surface area contributed by atoms with Crippen LogP contribution < -0.4 is 9.80 Å². The Bertz CT molecular complexity index is 941. The molecule has 2 atom stereocenters. The molecule has 2 saturated heterocycles. The summed E-state index contributed by atoms with van der Waals surface area (Å²) >= 11 is 13.5. The van der Waals surface area contributed by atoms with Crippen LogP contribution in [0.25, 0.3) is 0 Å². The van der Waals surface area contributed by atoms with E-state index in [4.69, 9.17) is 24.4 Å². The molecule has 0 spiro atoms. The van der Waals surface area contributed by atoms with Crippen LogP contribution in [0.2, 0.25) is 0 Å². The van der Waals surface area contributed by atoms with E-state index in [2.05, 4.69) is 0 Å². The second kappa shape index (κ2) is 7.59. The van der Waals surface area contributed by atoms with Crippen molar-refractivity contribution < 1.29 is 9.59 Å². The molecule has 2 aliphatic heterocycles. The fourth-order valence-corrected chi connectivity index (χ4v) is 6.55. The first-order chi connectivity index (χ1) is 13.4. The van der Waals surface area contributed by atoms with Crippen LogP contribution >= 0.6 is 48.0 Å². The molecule has 8 heteroatoms. The number of amides is 2. The summed E-state index contributed by atoms with van der Waals surface area (Å²) in [6.45, 7) is 3.88. The van der Waals surface area contributed by atoms with Crippen molar-refractivity contribution in [2.24, 2.45) is 0 Å². The molecule has 2 amide bonds. The van der Waals surface area contributed by atoms with Crippen molar-refractivity contribution >= 4 is 79.8 Å². The van der Waals surface area contributed by atoms with Crippen LogP contribution in [0.1, 0.15) is 11.1 Å². The number of benzene rings is 2. The zero-order valence-electron chi connectivity index (χ0n) is 15.1. The van der Waals surface area contributed by atoms with Crippen LogP contribution in [0.15, 0.2) is 48.5 Å². The minimum atomic E-state index is -0.587. The Kier molecular flexibility index (Phi) is 5.30. The van der Waals surface area contributed by atoms with Crippen molar-refractivity contribution in [3.8, 4) is 0 Å². The smallest absolute Gasteiger partial charge is 0.247 e. The molecule has 2 heterocycles. The number of thioether (sulfide) groups is 2. The first-order valence-corrected chi connectivity index (χ1v) is 11.2. The van der Waals surface area contributed by atoms with Gasteiger partial charge in [-0.1, -0.05) is 84.4 Å². The number of anilines is 2. The Labute approximate surface area is 182 Å². The lowest BCUT2D eigenvalue weighted by Crippen LogP contribution is -2.41. The van der Waals surface area contributed by atoms with E-state index in [1.54, 1.807) is 9.80 Å². The molecule has 2 aliphatic rings. The molecule has 0 saturated carbocycles. The van der Waals surface area contributed by atoms with Gasteiger partial charge in [-0.05, 0) is 37.1 Å². The van der Waals surface area contributed by atoms with Crippen molar-refractivity contribution in [2.75, 3.05) is 9.80 Å². The number of rotatable bonds is 3. The summed E-state index contributed by atoms with van der Waals surface area (Å²) in [6, 6.07) is 15.2. The Hall–Kier alpha value is -1.74. The predicted octanol–water partition coefficient (Wildman–Crippen LogP) is 4.47. The first kappa shape index (κ1) is 19.6. The van der Waals surface area contributed by atoms with Gasteiger partial charge in [0.2, 0.25) is 11.8 Å². The second-order valence-corrected chi connectivity index (χ2v) is 10.1. The van der Waals surface area contributed by atoms with Crippen LogP contribution in [0, 0.1) is 13.8 Å². The quantitative estimate of drug-likeness (QED) is 0.651. The van der Waals surface area contributed by atoms with Crippen molar-refractivity contribution in [2.45, 2.75) is 24.3 Å². The molecule has 4 nitrogen and oxygen atoms in total. The van der Waals surface area contributed by atoms with E-state index in [1.165, 1.54) is 23.5 Å². The van der Waals surface area contributed by atoms with E-state index < -0.39 is 10.5 Å². The molecule has 0 N–H and O–H groups in total. The third kappa shape index (κ3) is 3.18. The number of nitrogens with zero attached hydrogens (tertiary/aromatic N) is 2. The third-order valence-corrected chi connectivity index (χ3v) is 8.07. The zero-order chi connectivity index (χ0) is 20.0. The molecule has 0 bridgehead atoms. The molecule has 0 aromatic heterocycles. The van der Waals surface area contributed by atoms with E-state index >= 15 is 0 Å². The number of para-hydroxylation sites is 2. The van der Waals surface area contributed by atoms with Gasteiger partial charge in [0, 0.05) is 0 Å². The number of carbonyl (C=O) groups excluding carboxylic acids is 2. The summed E-state index contributed by atoms with van der Waals surface area (Å²) in [6.07, 6.45) is 0. The standard InChI is InChI=1S/C20H16N2O2S4/c1-11-7-3-5-9-13(11)21-17(23)15(27-19(21)25)16-18(24)22(20(26)28-16)14-10-6-4-8-12(14)2/h3-10,15-16H,1-2H3. The average molecular weight is 445 g/mol. The van der Waals surface area contributed by atoms with E-state index in [0.29, 0.717) is 8.64 Å². The van der Waals surface area contributed by atoms with Gasteiger partial charge in [0.1, 0.15) is 19.1 Å². The van der Waals surface area contributed by atoms with Crippen LogP contribution in [0.3, 0.4) is 0 Å². The summed E-state index contributed by atoms with van der Waals surface area (Å²) in [7, 11) is 0. The molecule has 28 heavy (non-hydrogen) atoms. The molecule has 2 unspecified atom stereocenters. The lowest BCUT2D eigenvalue weighted by Gasteiger charge is -2.20. The van der Waals surface area contributed by atoms with Gasteiger partial charge >= 0.3 is 0 Å². The molecule has 4 rings (SSSR count). The molecule has 2 fully saturated rings. The maximum atomic E-state index is 13.2. The summed E-state index contributed by atoms with van der Waals surface area (Å²) in [5.74, 6) is -0.325. The molecular weight excluding hydrogens is 429 g/mol. The highest BCUT2D eigenvalue weighted by Crippen LogP contribution is 2.43. The first-order valence-electron chi connectivity index (χ1n) is 8.60. The molecule has 2 aromatic carbocycles. The largest absolute Gasteiger partial charge is 0.273 e. The molecule has 2 aromatic rings. The van der Waals surface area contributed by atoms with E-state index in [0.717, 1.165) is 22.5 Å². The van der Waals surface area contributed by atoms with Gasteiger partial charge in [0.15, 0.2) is 0 Å². The maximum Gasteiger partial charge on any atom is 0.247 e. The van der Waals surface area contributed by atoms with Gasteiger partial charge in [-0.2, -0.15) is 0 Å². The Morgan fingerprint density at radius 1 is 0.714 bits per heavy atom. The lowest BCUT2D eigenvalue weighted by atomic mass is 10.1. The molecule has 0 aliphatic carbocycles. The molecule has 142 valence electrons. The summed E-state index contributed by atoms with van der Waals surface area (Å²) < 4.78 is 0.941. The highest BCUT2D eigenvalue weighted by molar-refractivity contribution is 8.28. The van der Waals surface area contributed by atoms with Crippen LogP contribution in [0.5, 0.6) is 0 Å². The maximum absolute atomic E-state index is 13.2. The Morgan fingerprint density at radius 3 is 1.43 bits per heavy atom. The fraction of sp³-hybridized carbons (Fsp3) is 0.200. The van der Waals surface area contributed by atoms with Crippen molar-refractivity contribution in [3.05, 3.63) is 59.7 Å². The minimum Gasteiger partial charge on any atom is -0.273 e. The van der Waals surface area contributed by atoms with E-state index in [-0.39, 0.29) is 11.8 Å². The second-order valence-electron chi connectivity index (χ2n) is 6.53.